The van der Waals surface area contributed by atoms with Crippen LogP contribution >= 0.6 is 0 Å². The molecule has 0 N–H and O–H groups in total. The molecule has 1 unspecified atom stereocenters. The Morgan fingerprint density at radius 1 is 1.47 bits per heavy atom. The highest BCUT2D eigenvalue weighted by molar-refractivity contribution is 5.30. The molecule has 2 rings (SSSR count). The van der Waals surface area contributed by atoms with E-state index in [9.17, 15) is 0 Å². The number of rotatable bonds is 1. The van der Waals surface area contributed by atoms with E-state index in [-0.39, 0.29) is 0 Å². The van der Waals surface area contributed by atoms with Crippen molar-refractivity contribution in [1.29, 1.82) is 0 Å². The van der Waals surface area contributed by atoms with Crippen molar-refractivity contribution in [3.05, 3.63) is 23.3 Å². The van der Waals surface area contributed by atoms with Crippen LogP contribution < -0.4 is 0 Å². The van der Waals surface area contributed by atoms with E-state index in [1.165, 1.54) is 12.0 Å². The smallest absolute Gasteiger partial charge is 0.0661 e. The zero-order valence-corrected chi connectivity index (χ0v) is 9.99. The van der Waals surface area contributed by atoms with Crippen molar-refractivity contribution in [2.45, 2.75) is 26.3 Å². The fraction of sp³-hybridized carbons (Fsp3) is 0.692. The molecule has 1 aliphatic carbocycles. The highest BCUT2D eigenvalue weighted by Gasteiger charge is 2.25. The first-order chi connectivity index (χ1) is 7.16. The fourth-order valence-corrected chi connectivity index (χ4v) is 2.59. The minimum absolute atomic E-state index is 0.504. The summed E-state index contributed by atoms with van der Waals surface area (Å²) < 4.78 is 5.57. The maximum Gasteiger partial charge on any atom is 0.0661 e. The monoisotopic (exact) mass is 207 g/mol. The topological polar surface area (TPSA) is 12.5 Å². The Hall–Kier alpha value is -0.600. The predicted molar refractivity (Wildman–Crippen MR) is 62.9 cm³/mol. The van der Waals surface area contributed by atoms with Crippen molar-refractivity contribution in [3.8, 4) is 0 Å². The summed E-state index contributed by atoms with van der Waals surface area (Å²) in [4.78, 5) is 2.42. The van der Waals surface area contributed by atoms with Crippen LogP contribution in [0.25, 0.3) is 0 Å². The zero-order valence-electron chi connectivity index (χ0n) is 9.99. The van der Waals surface area contributed by atoms with E-state index in [0.29, 0.717) is 12.0 Å². The van der Waals surface area contributed by atoms with Crippen molar-refractivity contribution in [2.24, 2.45) is 5.92 Å². The SMILES string of the molecule is CC1=C[C@H](C)CC(C2COCCN2C)=C1. The van der Waals surface area contributed by atoms with Crippen molar-refractivity contribution in [2.75, 3.05) is 26.8 Å². The lowest BCUT2D eigenvalue weighted by molar-refractivity contribution is 0.0178. The van der Waals surface area contributed by atoms with Crippen LogP contribution in [0.3, 0.4) is 0 Å². The Morgan fingerprint density at radius 2 is 2.27 bits per heavy atom. The molecule has 0 aromatic heterocycles. The van der Waals surface area contributed by atoms with E-state index < -0.39 is 0 Å². The number of morpholine rings is 1. The number of hydrogen-bond acceptors (Lipinski definition) is 2. The van der Waals surface area contributed by atoms with Gasteiger partial charge in [-0.3, -0.25) is 4.90 Å². The molecule has 0 radical (unpaired) electrons. The average Bonchev–Trinajstić information content (AvgIpc) is 2.16. The predicted octanol–water partition coefficient (Wildman–Crippen LogP) is 2.23. The van der Waals surface area contributed by atoms with Crippen LogP contribution in [0.2, 0.25) is 0 Å². The van der Waals surface area contributed by atoms with E-state index in [0.717, 1.165) is 19.8 Å². The van der Waals surface area contributed by atoms with Gasteiger partial charge in [0.15, 0.2) is 0 Å². The van der Waals surface area contributed by atoms with Crippen molar-refractivity contribution in [3.63, 3.8) is 0 Å². The molecule has 2 aliphatic rings. The van der Waals surface area contributed by atoms with E-state index in [4.69, 9.17) is 4.74 Å². The number of allylic oxidation sites excluding steroid dienone is 3. The third-order valence-corrected chi connectivity index (χ3v) is 3.34. The minimum Gasteiger partial charge on any atom is -0.378 e. The first kappa shape index (κ1) is 10.9. The van der Waals surface area contributed by atoms with Gasteiger partial charge in [0.25, 0.3) is 0 Å². The van der Waals surface area contributed by atoms with Gasteiger partial charge in [0.2, 0.25) is 0 Å². The van der Waals surface area contributed by atoms with Gasteiger partial charge in [-0.05, 0) is 31.9 Å². The first-order valence-corrected chi connectivity index (χ1v) is 5.83. The summed E-state index contributed by atoms with van der Waals surface area (Å²) >= 11 is 0. The molecule has 2 atom stereocenters. The molecule has 0 aromatic rings. The maximum absolute atomic E-state index is 5.57. The molecule has 84 valence electrons. The number of ether oxygens (including phenoxy) is 1. The second-order valence-corrected chi connectivity index (χ2v) is 4.88. The summed E-state index contributed by atoms with van der Waals surface area (Å²) in [6, 6.07) is 0.504. The van der Waals surface area contributed by atoms with E-state index >= 15 is 0 Å². The number of nitrogens with zero attached hydrogens (tertiary/aromatic N) is 1. The third-order valence-electron chi connectivity index (χ3n) is 3.34. The van der Waals surface area contributed by atoms with Crippen molar-refractivity contribution < 1.29 is 4.74 Å². The Bertz CT molecular complexity index is 293. The molecule has 2 nitrogen and oxygen atoms in total. The van der Waals surface area contributed by atoms with Crippen LogP contribution in [0.4, 0.5) is 0 Å². The molecule has 0 bridgehead atoms. The summed E-state index contributed by atoms with van der Waals surface area (Å²) in [5.74, 6) is 0.681. The van der Waals surface area contributed by atoms with Crippen LogP contribution in [-0.2, 0) is 4.74 Å². The minimum atomic E-state index is 0.504. The summed E-state index contributed by atoms with van der Waals surface area (Å²) in [6.07, 6.45) is 5.89. The third kappa shape index (κ3) is 2.50. The second kappa shape index (κ2) is 4.50. The molecule has 1 saturated heterocycles. The molecule has 15 heavy (non-hydrogen) atoms. The lowest BCUT2D eigenvalue weighted by Gasteiger charge is -2.36. The van der Waals surface area contributed by atoms with Crippen molar-refractivity contribution >= 4 is 0 Å². The highest BCUT2D eigenvalue weighted by atomic mass is 16.5. The molecule has 0 spiro atoms. The molecular weight excluding hydrogens is 186 g/mol. The van der Waals surface area contributed by atoms with Crippen molar-refractivity contribution in [1.82, 2.24) is 4.90 Å². The normalized spacial score (nSPS) is 33.5. The summed E-state index contributed by atoms with van der Waals surface area (Å²) in [5, 5.41) is 0. The summed E-state index contributed by atoms with van der Waals surface area (Å²) in [7, 11) is 2.20. The van der Waals surface area contributed by atoms with Gasteiger partial charge in [-0.25, -0.2) is 0 Å². The Morgan fingerprint density at radius 3 is 2.93 bits per heavy atom. The zero-order chi connectivity index (χ0) is 10.8. The van der Waals surface area contributed by atoms with Gasteiger partial charge >= 0.3 is 0 Å². The molecular formula is C13H21NO. The average molecular weight is 207 g/mol. The van der Waals surface area contributed by atoms with Crippen LogP contribution in [0, 0.1) is 5.92 Å². The molecule has 1 heterocycles. The van der Waals surface area contributed by atoms with Crippen LogP contribution in [0.1, 0.15) is 20.3 Å². The number of likely N-dealkylation sites (N-methyl/N-ethyl adjacent to an activating group) is 1. The number of hydrogen-bond donors (Lipinski definition) is 0. The molecule has 0 amide bonds. The fourth-order valence-electron chi connectivity index (χ4n) is 2.59. The summed E-state index contributed by atoms with van der Waals surface area (Å²) in [5.41, 5.74) is 2.95. The molecule has 0 aromatic carbocycles. The maximum atomic E-state index is 5.57. The highest BCUT2D eigenvalue weighted by Crippen LogP contribution is 2.27. The van der Waals surface area contributed by atoms with Gasteiger partial charge < -0.3 is 4.74 Å². The van der Waals surface area contributed by atoms with E-state index in [2.05, 4.69) is 37.9 Å². The van der Waals surface area contributed by atoms with Gasteiger partial charge in [-0.15, -0.1) is 0 Å². The lowest BCUT2D eigenvalue weighted by atomic mass is 9.87. The van der Waals surface area contributed by atoms with Crippen LogP contribution in [0.15, 0.2) is 23.3 Å². The largest absolute Gasteiger partial charge is 0.378 e. The van der Waals surface area contributed by atoms with Gasteiger partial charge in [0.1, 0.15) is 0 Å². The summed E-state index contributed by atoms with van der Waals surface area (Å²) in [6.45, 7) is 7.28. The van der Waals surface area contributed by atoms with Gasteiger partial charge in [-0.2, -0.15) is 0 Å². The van der Waals surface area contributed by atoms with Gasteiger partial charge in [0.05, 0.1) is 19.3 Å². The molecule has 1 aliphatic heterocycles. The van der Waals surface area contributed by atoms with Gasteiger partial charge in [0, 0.05) is 6.54 Å². The Kier molecular flexibility index (Phi) is 3.27. The standard InChI is InChI=1S/C13H21NO/c1-10-6-11(2)8-12(7-10)13-9-15-5-4-14(13)3/h6-7,11,13H,4-5,8-9H2,1-3H3/t11-,13?/m0/s1. The van der Waals surface area contributed by atoms with Crippen LogP contribution in [-0.4, -0.2) is 37.7 Å². The second-order valence-electron chi connectivity index (χ2n) is 4.88. The molecule has 1 fully saturated rings. The van der Waals surface area contributed by atoms with Crippen LogP contribution in [0.5, 0.6) is 0 Å². The Balaban J connectivity index is 2.12. The first-order valence-electron chi connectivity index (χ1n) is 5.83. The van der Waals surface area contributed by atoms with E-state index in [1.54, 1.807) is 5.57 Å². The molecule has 2 heteroatoms. The lowest BCUT2D eigenvalue weighted by Crippen LogP contribution is -2.44. The van der Waals surface area contributed by atoms with E-state index in [1.807, 2.05) is 0 Å². The van der Waals surface area contributed by atoms with Gasteiger partial charge in [-0.1, -0.05) is 24.6 Å². The Labute approximate surface area is 92.6 Å². The quantitative estimate of drug-likeness (QED) is 0.654. The molecule has 0 saturated carbocycles.